The number of rotatable bonds is 4. The summed E-state index contributed by atoms with van der Waals surface area (Å²) >= 11 is 3.33. The van der Waals surface area contributed by atoms with Crippen molar-refractivity contribution in [1.29, 1.82) is 0 Å². The van der Waals surface area contributed by atoms with E-state index in [1.165, 1.54) is 0 Å². The van der Waals surface area contributed by atoms with E-state index in [0.717, 1.165) is 60.4 Å². The van der Waals surface area contributed by atoms with Crippen LogP contribution in [0.5, 0.6) is 0 Å². The van der Waals surface area contributed by atoms with Gasteiger partial charge in [0.2, 0.25) is 0 Å². The number of ether oxygens (including phenoxy) is 1. The number of aromatic nitrogens is 2. The molecule has 0 spiro atoms. The minimum atomic E-state index is -2.58. The lowest BCUT2D eigenvalue weighted by atomic mass is 9.98. The summed E-state index contributed by atoms with van der Waals surface area (Å²) in [4.78, 5) is 18.5. The summed E-state index contributed by atoms with van der Waals surface area (Å²) < 4.78 is 35.8. The van der Waals surface area contributed by atoms with Crippen molar-refractivity contribution in [3.05, 3.63) is 39.0 Å². The molecule has 214 valence electrons. The third-order valence-corrected chi connectivity index (χ3v) is 8.58. The van der Waals surface area contributed by atoms with Crippen LogP contribution in [-0.2, 0) is 24.1 Å². The molecule has 1 unspecified atom stereocenters. The van der Waals surface area contributed by atoms with Crippen molar-refractivity contribution in [3.8, 4) is 0 Å². The summed E-state index contributed by atoms with van der Waals surface area (Å²) in [5, 5.41) is 15.5. The molecule has 1 amide bonds. The van der Waals surface area contributed by atoms with E-state index in [4.69, 9.17) is 9.84 Å². The van der Waals surface area contributed by atoms with Gasteiger partial charge in [-0.2, -0.15) is 5.10 Å². The summed E-state index contributed by atoms with van der Waals surface area (Å²) in [6, 6.07) is 3.54. The van der Waals surface area contributed by atoms with Crippen LogP contribution in [0, 0.1) is 0 Å². The molecule has 1 fully saturated rings. The Bertz CT molecular complexity index is 1220. The molecule has 2 aromatic rings. The maximum Gasteiger partial charge on any atom is 0.410 e. The number of carbonyl (C=O) groups excluding carboxylic acids is 1. The van der Waals surface area contributed by atoms with Crippen molar-refractivity contribution in [2.24, 2.45) is 0 Å². The number of piperidine rings is 1. The van der Waals surface area contributed by atoms with Crippen molar-refractivity contribution in [2.45, 2.75) is 90.6 Å². The Labute approximate surface area is 237 Å². The van der Waals surface area contributed by atoms with E-state index < -0.39 is 18.3 Å². The zero-order chi connectivity index (χ0) is 28.1. The molecule has 0 saturated carbocycles. The molecule has 11 heteroatoms. The highest BCUT2D eigenvalue weighted by Gasteiger charge is 2.35. The zero-order valence-corrected chi connectivity index (χ0v) is 24.7. The van der Waals surface area contributed by atoms with Gasteiger partial charge in [0.15, 0.2) is 5.82 Å². The Hall–Kier alpha value is -2.24. The Morgan fingerprint density at radius 3 is 2.51 bits per heavy atom. The number of aryl methyl sites for hydroxylation is 1. The lowest BCUT2D eigenvalue weighted by molar-refractivity contribution is 0.00832. The van der Waals surface area contributed by atoms with Gasteiger partial charge in [0.25, 0.3) is 6.43 Å². The number of benzene rings is 1. The SMILES string of the molecule is CC(O)N1CCc2c(c(N3CCCc4cc(Br)c(C(F)F)cc43)nn2C2CCN(C(=O)OC(C)(C)C)CC2)C1. The molecule has 3 aliphatic heterocycles. The Kier molecular flexibility index (Phi) is 7.96. The van der Waals surface area contributed by atoms with Gasteiger partial charge < -0.3 is 19.6 Å². The number of halogens is 3. The van der Waals surface area contributed by atoms with E-state index in [1.807, 2.05) is 31.7 Å². The summed E-state index contributed by atoms with van der Waals surface area (Å²) in [5.74, 6) is 0.786. The standard InChI is InChI=1S/C28H38BrF2N5O3/c1-17(37)34-13-9-23-21(16-34)26(35-10-5-6-18-14-22(29)20(25(30)31)15-24(18)35)32-36(23)19-7-11-33(12-8-19)27(38)39-28(2,3)4/h14-15,17,19,25,37H,5-13,16H2,1-4H3. The van der Waals surface area contributed by atoms with E-state index >= 15 is 0 Å². The first kappa shape index (κ1) is 28.3. The minimum absolute atomic E-state index is 0.0194. The maximum absolute atomic E-state index is 13.8. The summed E-state index contributed by atoms with van der Waals surface area (Å²) in [5.41, 5.74) is 3.43. The van der Waals surface area contributed by atoms with Crippen molar-refractivity contribution in [1.82, 2.24) is 19.6 Å². The predicted octanol–water partition coefficient (Wildman–Crippen LogP) is 5.94. The molecule has 3 aliphatic rings. The quantitative estimate of drug-likeness (QED) is 0.463. The van der Waals surface area contributed by atoms with E-state index in [1.54, 1.807) is 17.9 Å². The molecule has 4 heterocycles. The van der Waals surface area contributed by atoms with Gasteiger partial charge in [-0.05, 0) is 71.1 Å². The number of aliphatic hydroxyl groups excluding tert-OH is 1. The van der Waals surface area contributed by atoms with E-state index in [9.17, 15) is 18.7 Å². The Morgan fingerprint density at radius 2 is 1.87 bits per heavy atom. The molecule has 1 N–H and O–H groups in total. The molecule has 1 aromatic heterocycles. The fraction of sp³-hybridized carbons (Fsp3) is 0.643. The van der Waals surface area contributed by atoms with E-state index in [2.05, 4.69) is 25.5 Å². The van der Waals surface area contributed by atoms with Crippen LogP contribution in [0.1, 0.15) is 81.8 Å². The van der Waals surface area contributed by atoms with Gasteiger partial charge in [-0.3, -0.25) is 9.58 Å². The number of hydrogen-bond acceptors (Lipinski definition) is 6. The number of alkyl halides is 2. The Morgan fingerprint density at radius 1 is 1.15 bits per heavy atom. The number of fused-ring (bicyclic) bond motifs is 2. The molecule has 5 rings (SSSR count). The average molecular weight is 611 g/mol. The number of likely N-dealkylation sites (tertiary alicyclic amines) is 1. The summed E-state index contributed by atoms with van der Waals surface area (Å²) in [6.45, 7) is 10.5. The predicted molar refractivity (Wildman–Crippen MR) is 149 cm³/mol. The lowest BCUT2D eigenvalue weighted by Crippen LogP contribution is -2.42. The molecule has 1 saturated heterocycles. The summed E-state index contributed by atoms with van der Waals surface area (Å²) in [7, 11) is 0. The van der Waals surface area contributed by atoms with Crippen molar-refractivity contribution < 1.29 is 23.4 Å². The van der Waals surface area contributed by atoms with Gasteiger partial charge in [0.1, 0.15) is 11.8 Å². The minimum Gasteiger partial charge on any atom is -0.444 e. The molecule has 0 bridgehead atoms. The Balaban J connectivity index is 1.48. The number of carbonyl (C=O) groups is 1. The normalized spacial score (nSPS) is 19.7. The van der Waals surface area contributed by atoms with Crippen LogP contribution in [0.2, 0.25) is 0 Å². The van der Waals surface area contributed by atoms with Crippen LogP contribution in [0.15, 0.2) is 16.6 Å². The molecule has 39 heavy (non-hydrogen) atoms. The van der Waals surface area contributed by atoms with Crippen LogP contribution in [0.4, 0.5) is 25.1 Å². The largest absolute Gasteiger partial charge is 0.444 e. The van der Waals surface area contributed by atoms with Gasteiger partial charge in [0, 0.05) is 66.1 Å². The topological polar surface area (TPSA) is 74.1 Å². The molecular weight excluding hydrogens is 572 g/mol. The lowest BCUT2D eigenvalue weighted by Gasteiger charge is -2.35. The molecule has 0 aliphatic carbocycles. The van der Waals surface area contributed by atoms with Crippen LogP contribution in [-0.4, -0.2) is 68.8 Å². The first-order valence-corrected chi connectivity index (χ1v) is 14.6. The first-order chi connectivity index (χ1) is 18.4. The average Bonchev–Trinajstić information content (AvgIpc) is 3.25. The fourth-order valence-corrected chi connectivity index (χ4v) is 6.48. The van der Waals surface area contributed by atoms with Crippen molar-refractivity contribution >= 4 is 33.5 Å². The number of hydrogen-bond donors (Lipinski definition) is 1. The second kappa shape index (κ2) is 11.0. The van der Waals surface area contributed by atoms with Crippen LogP contribution < -0.4 is 4.90 Å². The maximum atomic E-state index is 13.8. The van der Waals surface area contributed by atoms with Gasteiger partial charge in [-0.25, -0.2) is 13.6 Å². The van der Waals surface area contributed by atoms with Gasteiger partial charge in [0.05, 0.1) is 6.04 Å². The number of aliphatic hydroxyl groups is 1. The van der Waals surface area contributed by atoms with Gasteiger partial charge in [-0.1, -0.05) is 15.9 Å². The van der Waals surface area contributed by atoms with E-state index in [-0.39, 0.29) is 17.7 Å². The van der Waals surface area contributed by atoms with Crippen LogP contribution in [0.3, 0.4) is 0 Å². The summed E-state index contributed by atoms with van der Waals surface area (Å²) in [6.07, 6.45) is 0.495. The van der Waals surface area contributed by atoms with Gasteiger partial charge in [-0.15, -0.1) is 0 Å². The van der Waals surface area contributed by atoms with E-state index in [0.29, 0.717) is 37.2 Å². The first-order valence-electron chi connectivity index (χ1n) is 13.8. The van der Waals surface area contributed by atoms with Crippen molar-refractivity contribution in [2.75, 3.05) is 31.1 Å². The third kappa shape index (κ3) is 5.81. The van der Waals surface area contributed by atoms with Gasteiger partial charge >= 0.3 is 6.09 Å². The van der Waals surface area contributed by atoms with Crippen molar-refractivity contribution in [3.63, 3.8) is 0 Å². The zero-order valence-electron chi connectivity index (χ0n) is 23.1. The second-order valence-corrected chi connectivity index (χ2v) is 12.7. The highest BCUT2D eigenvalue weighted by Crippen LogP contribution is 2.42. The molecule has 8 nitrogen and oxygen atoms in total. The van der Waals surface area contributed by atoms with Crippen LogP contribution in [0.25, 0.3) is 0 Å². The van der Waals surface area contributed by atoms with Crippen LogP contribution >= 0.6 is 15.9 Å². The smallest absolute Gasteiger partial charge is 0.410 e. The number of nitrogens with zero attached hydrogens (tertiary/aromatic N) is 5. The molecule has 0 radical (unpaired) electrons. The molecule has 1 atom stereocenters. The monoisotopic (exact) mass is 609 g/mol. The highest BCUT2D eigenvalue weighted by molar-refractivity contribution is 9.10. The third-order valence-electron chi connectivity index (χ3n) is 7.89. The number of anilines is 2. The highest BCUT2D eigenvalue weighted by atomic mass is 79.9. The number of amides is 1. The molecular formula is C28H38BrF2N5O3. The fourth-order valence-electron chi connectivity index (χ4n) is 5.91. The second-order valence-electron chi connectivity index (χ2n) is 11.8. The molecule has 1 aromatic carbocycles.